The van der Waals surface area contributed by atoms with E-state index in [-0.39, 0.29) is 0 Å². The van der Waals surface area contributed by atoms with Gasteiger partial charge in [0.15, 0.2) is 5.82 Å². The number of benzene rings is 2. The molecule has 0 atom stereocenters. The van der Waals surface area contributed by atoms with E-state index in [1.165, 1.54) is 0 Å². The number of pyridine rings is 1. The summed E-state index contributed by atoms with van der Waals surface area (Å²) >= 11 is 0. The van der Waals surface area contributed by atoms with Crippen LogP contribution in [0.25, 0.3) is 16.9 Å². The minimum absolute atomic E-state index is 0.707. The monoisotopic (exact) mass is 356 g/mol. The Morgan fingerprint density at radius 1 is 0.852 bits per heavy atom. The number of hydrogen-bond acceptors (Lipinski definition) is 4. The van der Waals surface area contributed by atoms with Gasteiger partial charge in [-0.15, -0.1) is 10.2 Å². The van der Waals surface area contributed by atoms with Gasteiger partial charge in [-0.2, -0.15) is 0 Å². The van der Waals surface area contributed by atoms with Crippen LogP contribution in [0.2, 0.25) is 0 Å². The number of aromatic nitrogens is 2. The van der Waals surface area contributed by atoms with Gasteiger partial charge >= 0.3 is 0 Å². The van der Waals surface area contributed by atoms with Crippen LogP contribution in [-0.2, 0) is 0 Å². The molecule has 0 aliphatic carbocycles. The van der Waals surface area contributed by atoms with Crippen molar-refractivity contribution in [3.8, 4) is 17.0 Å². The van der Waals surface area contributed by atoms with Crippen molar-refractivity contribution in [2.45, 2.75) is 13.8 Å². The smallest absolute Gasteiger partial charge is 0.187 e. The molecule has 0 amide bonds. The second-order valence-electron chi connectivity index (χ2n) is 6.38. The second-order valence-corrected chi connectivity index (χ2v) is 6.38. The summed E-state index contributed by atoms with van der Waals surface area (Å²) in [4.78, 5) is 4.76. The molecule has 0 aliphatic rings. The number of methoxy groups -OCH3 is 1. The average molecular weight is 356 g/mol. The summed E-state index contributed by atoms with van der Waals surface area (Å²) in [7, 11) is 1.66. The first kappa shape index (κ1) is 17.0. The number of nitrogens with zero attached hydrogens (tertiary/aromatic N) is 4. The fraction of sp³-hybridized carbons (Fsp3) is 0.136. The third-order valence-corrected chi connectivity index (χ3v) is 4.55. The Morgan fingerprint density at radius 2 is 1.59 bits per heavy atom. The normalized spacial score (nSPS) is 11.4. The van der Waals surface area contributed by atoms with Crippen molar-refractivity contribution in [1.29, 1.82) is 0 Å². The van der Waals surface area contributed by atoms with E-state index in [1.54, 1.807) is 7.11 Å². The Morgan fingerprint density at radius 3 is 2.30 bits per heavy atom. The van der Waals surface area contributed by atoms with Crippen LogP contribution in [0.4, 0.5) is 11.5 Å². The number of aryl methyl sites for hydroxylation is 2. The van der Waals surface area contributed by atoms with E-state index >= 15 is 0 Å². The lowest BCUT2D eigenvalue weighted by Gasteiger charge is -2.04. The van der Waals surface area contributed by atoms with E-state index in [4.69, 9.17) is 9.72 Å². The maximum absolute atomic E-state index is 5.26. The van der Waals surface area contributed by atoms with Gasteiger partial charge in [0.2, 0.25) is 0 Å². The van der Waals surface area contributed by atoms with E-state index in [9.17, 15) is 0 Å². The van der Waals surface area contributed by atoms with Crippen LogP contribution in [0, 0.1) is 13.8 Å². The summed E-state index contributed by atoms with van der Waals surface area (Å²) in [5, 5.41) is 9.16. The minimum Gasteiger partial charge on any atom is -0.497 e. The van der Waals surface area contributed by atoms with E-state index in [2.05, 4.69) is 10.2 Å². The molecule has 0 aliphatic heterocycles. The lowest BCUT2D eigenvalue weighted by Crippen LogP contribution is -1.84. The van der Waals surface area contributed by atoms with Gasteiger partial charge in [0.1, 0.15) is 17.1 Å². The number of fused-ring (bicyclic) bond motifs is 1. The molecule has 4 rings (SSSR count). The zero-order chi connectivity index (χ0) is 18.8. The van der Waals surface area contributed by atoms with Crippen LogP contribution < -0.4 is 4.74 Å². The third kappa shape index (κ3) is 3.19. The summed E-state index contributed by atoms with van der Waals surface area (Å²) in [6, 6.07) is 19.8. The fourth-order valence-corrected chi connectivity index (χ4v) is 3.08. The first-order chi connectivity index (χ1) is 13.2. The quantitative estimate of drug-likeness (QED) is 0.418. The lowest BCUT2D eigenvalue weighted by molar-refractivity contribution is 0.415. The highest BCUT2D eigenvalue weighted by molar-refractivity contribution is 5.74. The summed E-state index contributed by atoms with van der Waals surface area (Å²) in [5.74, 6) is 1.51. The molecule has 27 heavy (non-hydrogen) atoms. The minimum atomic E-state index is 0.707. The summed E-state index contributed by atoms with van der Waals surface area (Å²) in [6.07, 6.45) is 1.95. The molecule has 0 saturated heterocycles. The number of imidazole rings is 1. The first-order valence-corrected chi connectivity index (χ1v) is 8.77. The predicted molar refractivity (Wildman–Crippen MR) is 107 cm³/mol. The first-order valence-electron chi connectivity index (χ1n) is 8.77. The fourth-order valence-electron chi connectivity index (χ4n) is 3.08. The summed E-state index contributed by atoms with van der Waals surface area (Å²) in [6.45, 7) is 4.08. The van der Waals surface area contributed by atoms with Gasteiger partial charge in [-0.1, -0.05) is 24.3 Å². The highest BCUT2D eigenvalue weighted by Crippen LogP contribution is 2.34. The zero-order valence-corrected chi connectivity index (χ0v) is 15.5. The number of hydrogen-bond donors (Lipinski definition) is 0. The third-order valence-electron chi connectivity index (χ3n) is 4.55. The van der Waals surface area contributed by atoms with Crippen molar-refractivity contribution in [3.05, 3.63) is 78.0 Å². The average Bonchev–Trinajstić information content (AvgIpc) is 3.06. The number of ether oxygens (including phenoxy) is 1. The maximum Gasteiger partial charge on any atom is 0.187 e. The molecule has 134 valence electrons. The maximum atomic E-state index is 5.26. The van der Waals surface area contributed by atoms with Crippen LogP contribution in [0.3, 0.4) is 0 Å². The van der Waals surface area contributed by atoms with Gasteiger partial charge in [-0.25, -0.2) is 4.98 Å². The Bertz CT molecular complexity index is 1110. The molecule has 2 heterocycles. The van der Waals surface area contributed by atoms with Crippen molar-refractivity contribution < 1.29 is 4.74 Å². The van der Waals surface area contributed by atoms with Gasteiger partial charge < -0.3 is 4.74 Å². The molecule has 0 radical (unpaired) electrons. The van der Waals surface area contributed by atoms with Crippen LogP contribution in [-0.4, -0.2) is 16.5 Å². The molecule has 0 bridgehead atoms. The lowest BCUT2D eigenvalue weighted by atomic mass is 10.1. The van der Waals surface area contributed by atoms with Crippen LogP contribution in [0.1, 0.15) is 11.1 Å². The number of azo groups is 1. The summed E-state index contributed by atoms with van der Waals surface area (Å²) in [5.41, 5.74) is 5.67. The summed E-state index contributed by atoms with van der Waals surface area (Å²) < 4.78 is 7.21. The molecule has 0 unspecified atom stereocenters. The molecule has 2 aromatic carbocycles. The molecule has 0 N–H and O–H groups in total. The molecular formula is C22H20N4O. The topological polar surface area (TPSA) is 51.2 Å². The largest absolute Gasteiger partial charge is 0.497 e. The Kier molecular flexibility index (Phi) is 4.42. The molecule has 0 fully saturated rings. The van der Waals surface area contributed by atoms with Crippen LogP contribution >= 0.6 is 0 Å². The van der Waals surface area contributed by atoms with Crippen molar-refractivity contribution in [2.24, 2.45) is 10.2 Å². The van der Waals surface area contributed by atoms with Gasteiger partial charge in [0.25, 0.3) is 0 Å². The van der Waals surface area contributed by atoms with Crippen molar-refractivity contribution in [3.63, 3.8) is 0 Å². The predicted octanol–water partition coefficient (Wildman–Crippen LogP) is 6.04. The van der Waals surface area contributed by atoms with Gasteiger partial charge in [0.05, 0.1) is 12.8 Å². The van der Waals surface area contributed by atoms with Crippen molar-refractivity contribution in [2.75, 3.05) is 7.11 Å². The standard InChI is InChI=1S/C22H20N4O/c1-15-7-6-8-16(2)20(15)24-25-22-21(17-10-12-18(27-3)13-11-17)23-19-9-4-5-14-26(19)22/h4-14H,1-3H3. The molecule has 2 aromatic heterocycles. The molecule has 5 heteroatoms. The molecule has 4 aromatic rings. The van der Waals surface area contributed by atoms with Crippen LogP contribution in [0.15, 0.2) is 77.1 Å². The van der Waals surface area contributed by atoms with Crippen molar-refractivity contribution in [1.82, 2.24) is 9.38 Å². The Hall–Kier alpha value is -3.47. The molecule has 5 nitrogen and oxygen atoms in total. The van der Waals surface area contributed by atoms with Crippen molar-refractivity contribution >= 4 is 17.2 Å². The van der Waals surface area contributed by atoms with Gasteiger partial charge in [0, 0.05) is 11.8 Å². The molecule has 0 spiro atoms. The zero-order valence-electron chi connectivity index (χ0n) is 15.5. The highest BCUT2D eigenvalue weighted by Gasteiger charge is 2.14. The van der Waals surface area contributed by atoms with Gasteiger partial charge in [-0.3, -0.25) is 4.40 Å². The Labute approximate surface area is 158 Å². The Balaban J connectivity index is 1.86. The van der Waals surface area contributed by atoms with E-state index in [1.807, 2.05) is 85.1 Å². The number of rotatable bonds is 4. The molecular weight excluding hydrogens is 336 g/mol. The molecule has 0 saturated carbocycles. The van der Waals surface area contributed by atoms with E-state index in [0.717, 1.165) is 39.5 Å². The SMILES string of the molecule is COc1ccc(-c2nc3ccccn3c2N=Nc2c(C)cccc2C)cc1. The van der Waals surface area contributed by atoms with Gasteiger partial charge in [-0.05, 0) is 61.4 Å². The highest BCUT2D eigenvalue weighted by atomic mass is 16.5. The second kappa shape index (κ2) is 7.03. The van der Waals surface area contributed by atoms with E-state index < -0.39 is 0 Å². The van der Waals surface area contributed by atoms with Crippen LogP contribution in [0.5, 0.6) is 5.75 Å². The van der Waals surface area contributed by atoms with E-state index in [0.29, 0.717) is 5.82 Å².